The number of nitrogens with zero attached hydrogens (tertiary/aromatic N) is 1. The fourth-order valence-corrected chi connectivity index (χ4v) is 2.41. The number of ether oxygens (including phenoxy) is 2. The molecule has 1 aromatic rings. The summed E-state index contributed by atoms with van der Waals surface area (Å²) < 4.78 is 10.7. The van der Waals surface area contributed by atoms with Crippen LogP contribution in [0.1, 0.15) is 18.4 Å². The third-order valence-corrected chi connectivity index (χ3v) is 3.48. The number of hydrogen-bond donors (Lipinski definition) is 1. The number of anilines is 1. The summed E-state index contributed by atoms with van der Waals surface area (Å²) in [7, 11) is 1.64. The Hall–Kier alpha value is -1.75. The first-order valence-electron chi connectivity index (χ1n) is 6.92. The van der Waals surface area contributed by atoms with Crippen molar-refractivity contribution in [2.75, 3.05) is 38.3 Å². The molecule has 2 rings (SSSR count). The van der Waals surface area contributed by atoms with Gasteiger partial charge in [0.25, 0.3) is 0 Å². The zero-order valence-corrected chi connectivity index (χ0v) is 11.8. The highest BCUT2D eigenvalue weighted by Crippen LogP contribution is 2.27. The Bertz CT molecular complexity index is 455. The standard InChI is InChI=1S/C15H21NO4/c1-19-14-6-5-13(16-7-9-20-10-8-16)11-12(14)3-2-4-15(17)18/h5-6,11H,2-4,7-10H2,1H3,(H,17,18). The Kier molecular flexibility index (Phi) is 5.24. The van der Waals surface area contributed by atoms with Gasteiger partial charge in [-0.05, 0) is 36.6 Å². The molecule has 1 saturated heterocycles. The van der Waals surface area contributed by atoms with Gasteiger partial charge in [-0.3, -0.25) is 4.79 Å². The SMILES string of the molecule is COc1ccc(N2CCOCC2)cc1CCCC(=O)O. The number of carbonyl (C=O) groups is 1. The topological polar surface area (TPSA) is 59.0 Å². The quantitative estimate of drug-likeness (QED) is 0.862. The first-order valence-corrected chi connectivity index (χ1v) is 6.92. The van der Waals surface area contributed by atoms with Crippen LogP contribution >= 0.6 is 0 Å². The van der Waals surface area contributed by atoms with Gasteiger partial charge in [-0.15, -0.1) is 0 Å². The first kappa shape index (κ1) is 14.7. The minimum absolute atomic E-state index is 0.185. The van der Waals surface area contributed by atoms with Gasteiger partial charge in [0.05, 0.1) is 20.3 Å². The molecule has 0 saturated carbocycles. The van der Waals surface area contributed by atoms with E-state index in [0.29, 0.717) is 12.8 Å². The van der Waals surface area contributed by atoms with E-state index in [0.717, 1.165) is 43.3 Å². The number of carboxylic acid groups (broad SMARTS) is 1. The van der Waals surface area contributed by atoms with Crippen molar-refractivity contribution in [3.05, 3.63) is 23.8 Å². The fraction of sp³-hybridized carbons (Fsp3) is 0.533. The number of aryl methyl sites for hydroxylation is 1. The van der Waals surface area contributed by atoms with Gasteiger partial charge in [0.1, 0.15) is 5.75 Å². The number of methoxy groups -OCH3 is 1. The van der Waals surface area contributed by atoms with Gasteiger partial charge in [-0.1, -0.05) is 0 Å². The second-order valence-electron chi connectivity index (χ2n) is 4.84. The van der Waals surface area contributed by atoms with Crippen LogP contribution in [0.25, 0.3) is 0 Å². The van der Waals surface area contributed by atoms with E-state index in [1.54, 1.807) is 7.11 Å². The Balaban J connectivity index is 2.08. The molecule has 1 aliphatic rings. The number of hydrogen-bond acceptors (Lipinski definition) is 4. The smallest absolute Gasteiger partial charge is 0.303 e. The lowest BCUT2D eigenvalue weighted by Crippen LogP contribution is -2.36. The molecule has 0 amide bonds. The van der Waals surface area contributed by atoms with Crippen LogP contribution in [0.15, 0.2) is 18.2 Å². The molecular weight excluding hydrogens is 258 g/mol. The van der Waals surface area contributed by atoms with Gasteiger partial charge in [-0.25, -0.2) is 0 Å². The molecular formula is C15H21NO4. The van der Waals surface area contributed by atoms with Crippen LogP contribution < -0.4 is 9.64 Å². The van der Waals surface area contributed by atoms with E-state index in [1.807, 2.05) is 12.1 Å². The molecule has 0 aromatic heterocycles. The zero-order valence-electron chi connectivity index (χ0n) is 11.8. The number of aliphatic carboxylic acids is 1. The highest BCUT2D eigenvalue weighted by atomic mass is 16.5. The third-order valence-electron chi connectivity index (χ3n) is 3.48. The van der Waals surface area contributed by atoms with Gasteiger partial charge in [0, 0.05) is 25.2 Å². The van der Waals surface area contributed by atoms with Crippen LogP contribution in [0.3, 0.4) is 0 Å². The van der Waals surface area contributed by atoms with Crippen LogP contribution in [0, 0.1) is 0 Å². The average Bonchev–Trinajstić information content (AvgIpc) is 2.47. The number of morpholine rings is 1. The molecule has 0 spiro atoms. The minimum Gasteiger partial charge on any atom is -0.496 e. The molecule has 110 valence electrons. The van der Waals surface area contributed by atoms with Crippen molar-refractivity contribution in [2.24, 2.45) is 0 Å². The minimum atomic E-state index is -0.756. The van der Waals surface area contributed by atoms with E-state index in [2.05, 4.69) is 11.0 Å². The summed E-state index contributed by atoms with van der Waals surface area (Å²) in [4.78, 5) is 12.9. The Morgan fingerprint density at radius 1 is 1.40 bits per heavy atom. The van der Waals surface area contributed by atoms with Crippen LogP contribution in [0.2, 0.25) is 0 Å². The maximum Gasteiger partial charge on any atom is 0.303 e. The predicted octanol–water partition coefficient (Wildman–Crippen LogP) is 1.94. The summed E-state index contributed by atoms with van der Waals surface area (Å²) in [6.07, 6.45) is 1.52. The summed E-state index contributed by atoms with van der Waals surface area (Å²) in [5.41, 5.74) is 2.22. The van der Waals surface area contributed by atoms with Crippen LogP contribution in [-0.2, 0) is 16.0 Å². The van der Waals surface area contributed by atoms with E-state index in [9.17, 15) is 4.79 Å². The summed E-state index contributed by atoms with van der Waals surface area (Å²) >= 11 is 0. The van der Waals surface area contributed by atoms with Crippen molar-refractivity contribution in [3.63, 3.8) is 0 Å². The molecule has 1 fully saturated rings. The van der Waals surface area contributed by atoms with E-state index in [-0.39, 0.29) is 6.42 Å². The summed E-state index contributed by atoms with van der Waals surface area (Å²) in [5.74, 6) is 0.0701. The lowest BCUT2D eigenvalue weighted by atomic mass is 10.1. The highest BCUT2D eigenvalue weighted by molar-refractivity contribution is 5.66. The molecule has 1 N–H and O–H groups in total. The van der Waals surface area contributed by atoms with Crippen molar-refractivity contribution in [1.29, 1.82) is 0 Å². The maximum atomic E-state index is 10.6. The van der Waals surface area contributed by atoms with Crippen LogP contribution in [-0.4, -0.2) is 44.5 Å². The second-order valence-corrected chi connectivity index (χ2v) is 4.84. The van der Waals surface area contributed by atoms with Crippen molar-refractivity contribution in [2.45, 2.75) is 19.3 Å². The first-order chi connectivity index (χ1) is 9.70. The number of rotatable bonds is 6. The molecule has 0 radical (unpaired) electrons. The summed E-state index contributed by atoms with van der Waals surface area (Å²) in [6, 6.07) is 6.11. The fourth-order valence-electron chi connectivity index (χ4n) is 2.41. The van der Waals surface area contributed by atoms with Gasteiger partial charge in [0.2, 0.25) is 0 Å². The predicted molar refractivity (Wildman–Crippen MR) is 76.6 cm³/mol. The molecule has 0 aliphatic carbocycles. The van der Waals surface area contributed by atoms with Crippen molar-refractivity contribution in [1.82, 2.24) is 0 Å². The second kappa shape index (κ2) is 7.14. The van der Waals surface area contributed by atoms with Gasteiger partial charge < -0.3 is 19.5 Å². The molecule has 0 unspecified atom stereocenters. The van der Waals surface area contributed by atoms with Crippen LogP contribution in [0.4, 0.5) is 5.69 Å². The number of benzene rings is 1. The summed E-state index contributed by atoms with van der Waals surface area (Å²) in [5, 5.41) is 8.72. The molecule has 1 aromatic carbocycles. The van der Waals surface area contributed by atoms with E-state index < -0.39 is 5.97 Å². The van der Waals surface area contributed by atoms with Crippen molar-refractivity contribution in [3.8, 4) is 5.75 Å². The Morgan fingerprint density at radius 3 is 2.80 bits per heavy atom. The Morgan fingerprint density at radius 2 is 2.15 bits per heavy atom. The molecule has 20 heavy (non-hydrogen) atoms. The zero-order chi connectivity index (χ0) is 14.4. The Labute approximate surface area is 119 Å². The number of carboxylic acids is 1. The van der Waals surface area contributed by atoms with E-state index in [1.165, 1.54) is 0 Å². The van der Waals surface area contributed by atoms with E-state index >= 15 is 0 Å². The van der Waals surface area contributed by atoms with Crippen LogP contribution in [0.5, 0.6) is 5.75 Å². The molecule has 0 atom stereocenters. The molecule has 5 heteroatoms. The van der Waals surface area contributed by atoms with Crippen molar-refractivity contribution >= 4 is 11.7 Å². The highest BCUT2D eigenvalue weighted by Gasteiger charge is 2.13. The molecule has 1 heterocycles. The van der Waals surface area contributed by atoms with Gasteiger partial charge >= 0.3 is 5.97 Å². The largest absolute Gasteiger partial charge is 0.496 e. The van der Waals surface area contributed by atoms with Gasteiger partial charge in [-0.2, -0.15) is 0 Å². The molecule has 1 aliphatic heterocycles. The average molecular weight is 279 g/mol. The molecule has 5 nitrogen and oxygen atoms in total. The van der Waals surface area contributed by atoms with Crippen molar-refractivity contribution < 1.29 is 19.4 Å². The maximum absolute atomic E-state index is 10.6. The monoisotopic (exact) mass is 279 g/mol. The summed E-state index contributed by atoms with van der Waals surface area (Å²) in [6.45, 7) is 3.28. The normalized spacial score (nSPS) is 15.2. The lowest BCUT2D eigenvalue weighted by Gasteiger charge is -2.29. The molecule has 0 bridgehead atoms. The van der Waals surface area contributed by atoms with Gasteiger partial charge in [0.15, 0.2) is 0 Å². The third kappa shape index (κ3) is 3.87. The lowest BCUT2D eigenvalue weighted by molar-refractivity contribution is -0.137. The van der Waals surface area contributed by atoms with E-state index in [4.69, 9.17) is 14.6 Å².